The maximum atomic E-state index is 2.55. The molecule has 2 fully saturated rings. The first-order valence-corrected chi connectivity index (χ1v) is 14.6. The topological polar surface area (TPSA) is 9.72 Å². The number of fused-ring (bicyclic) bond motifs is 3. The molecule has 0 spiro atoms. The Morgan fingerprint density at radius 3 is 2.03 bits per heavy atom. The minimum atomic E-state index is 0.694. The molecular formula is C33H51N3. The van der Waals surface area contributed by atoms with Crippen LogP contribution in [0, 0.1) is 11.8 Å². The minimum absolute atomic E-state index is 0.694. The van der Waals surface area contributed by atoms with Crippen molar-refractivity contribution in [2.45, 2.75) is 96.8 Å². The summed E-state index contributed by atoms with van der Waals surface area (Å²) >= 11 is 0. The van der Waals surface area contributed by atoms with Gasteiger partial charge in [0.15, 0.2) is 0 Å². The number of hydrogen-bond acceptors (Lipinski definition) is 3. The zero-order valence-corrected chi connectivity index (χ0v) is 23.9. The van der Waals surface area contributed by atoms with Gasteiger partial charge in [0.25, 0.3) is 0 Å². The van der Waals surface area contributed by atoms with E-state index in [4.69, 9.17) is 0 Å². The van der Waals surface area contributed by atoms with Crippen molar-refractivity contribution < 1.29 is 0 Å². The van der Waals surface area contributed by atoms with Crippen LogP contribution in [0.25, 0.3) is 0 Å². The molecule has 0 aromatic heterocycles. The van der Waals surface area contributed by atoms with E-state index >= 15 is 0 Å². The van der Waals surface area contributed by atoms with Crippen LogP contribution in [0.5, 0.6) is 0 Å². The Bertz CT molecular complexity index is 908. The van der Waals surface area contributed by atoms with Gasteiger partial charge in [0.05, 0.1) is 0 Å². The molecule has 1 saturated carbocycles. The number of anilines is 1. The first kappa shape index (κ1) is 27.2. The fraction of sp³-hybridized carbons (Fsp3) is 0.636. The summed E-state index contributed by atoms with van der Waals surface area (Å²) in [6.07, 6.45) is 11.2. The van der Waals surface area contributed by atoms with Gasteiger partial charge in [0.2, 0.25) is 0 Å². The van der Waals surface area contributed by atoms with Gasteiger partial charge >= 0.3 is 0 Å². The Kier molecular flexibility index (Phi) is 9.52. The summed E-state index contributed by atoms with van der Waals surface area (Å²) in [7, 11) is 6.67. The molecule has 1 aliphatic carbocycles. The SMILES string of the molecule is CC1CC2CCCCC2CN1C.CC1CCc2ccccc2N1C.CC1Cc2ccccc2CN1C. The van der Waals surface area contributed by atoms with Gasteiger partial charge in [-0.25, -0.2) is 0 Å². The molecule has 0 amide bonds. The van der Waals surface area contributed by atoms with Crippen LogP contribution in [0.2, 0.25) is 0 Å². The highest BCUT2D eigenvalue weighted by atomic mass is 15.1. The first-order chi connectivity index (χ1) is 17.3. The second kappa shape index (κ2) is 12.6. The van der Waals surface area contributed by atoms with E-state index in [2.05, 4.69) is 105 Å². The summed E-state index contributed by atoms with van der Waals surface area (Å²) in [5.41, 5.74) is 5.94. The predicted octanol–water partition coefficient (Wildman–Crippen LogP) is 7.04. The van der Waals surface area contributed by atoms with Crippen LogP contribution in [-0.4, -0.2) is 55.6 Å². The highest BCUT2D eigenvalue weighted by Gasteiger charge is 2.32. The fourth-order valence-corrected chi connectivity index (χ4v) is 6.67. The molecular weight excluding hydrogens is 438 g/mol. The van der Waals surface area contributed by atoms with Crippen molar-refractivity contribution in [3.05, 3.63) is 65.2 Å². The Hall–Kier alpha value is -1.84. The lowest BCUT2D eigenvalue weighted by atomic mass is 9.73. The standard InChI is InChI=1S/C11H21N.2C11H15N/c2*1-9-7-10-5-3-4-6-11(10)8-12(9)2;1-9-7-8-10-5-3-4-6-11(10)12(9)2/h9-11H,3-8H2,1-2H3;2*3-6,9H,7-8H2,1-2H3. The predicted molar refractivity (Wildman–Crippen MR) is 156 cm³/mol. The fourth-order valence-electron chi connectivity index (χ4n) is 6.67. The van der Waals surface area contributed by atoms with Gasteiger partial charge in [0.1, 0.15) is 0 Å². The Morgan fingerprint density at radius 2 is 1.28 bits per heavy atom. The van der Waals surface area contributed by atoms with E-state index in [1.165, 1.54) is 80.3 Å². The van der Waals surface area contributed by atoms with E-state index in [9.17, 15) is 0 Å². The van der Waals surface area contributed by atoms with Crippen LogP contribution in [0.1, 0.15) is 76.0 Å². The molecule has 198 valence electrons. The Labute approximate surface area is 221 Å². The quantitative estimate of drug-likeness (QED) is 0.393. The van der Waals surface area contributed by atoms with E-state index < -0.39 is 0 Å². The normalized spacial score (nSPS) is 29.9. The van der Waals surface area contributed by atoms with Crippen LogP contribution in [0.15, 0.2) is 48.5 Å². The van der Waals surface area contributed by atoms with Crippen molar-refractivity contribution in [3.63, 3.8) is 0 Å². The van der Waals surface area contributed by atoms with Gasteiger partial charge in [-0.1, -0.05) is 61.7 Å². The van der Waals surface area contributed by atoms with E-state index in [-0.39, 0.29) is 0 Å². The number of likely N-dealkylation sites (N-methyl/N-ethyl adjacent to an activating group) is 1. The summed E-state index contributed by atoms with van der Waals surface area (Å²) in [5, 5.41) is 0. The average molecular weight is 490 g/mol. The smallest absolute Gasteiger partial charge is 0.0398 e. The third-order valence-corrected chi connectivity index (χ3v) is 9.66. The largest absolute Gasteiger partial charge is 0.372 e. The first-order valence-electron chi connectivity index (χ1n) is 14.6. The van der Waals surface area contributed by atoms with Crippen molar-refractivity contribution in [1.29, 1.82) is 0 Å². The van der Waals surface area contributed by atoms with E-state index in [0.29, 0.717) is 12.1 Å². The van der Waals surface area contributed by atoms with Crippen LogP contribution in [-0.2, 0) is 19.4 Å². The van der Waals surface area contributed by atoms with E-state index in [1.807, 2.05) is 0 Å². The third kappa shape index (κ3) is 6.72. The molecule has 3 heteroatoms. The number of hydrogen-bond donors (Lipinski definition) is 0. The summed E-state index contributed by atoms with van der Waals surface area (Å²) in [5.74, 6) is 2.12. The van der Waals surface area contributed by atoms with Gasteiger partial charge in [-0.05, 0) is 102 Å². The molecule has 3 nitrogen and oxygen atoms in total. The van der Waals surface area contributed by atoms with Gasteiger partial charge in [-0.2, -0.15) is 0 Å². The van der Waals surface area contributed by atoms with Crippen LogP contribution < -0.4 is 4.90 Å². The van der Waals surface area contributed by atoms with Crippen LogP contribution in [0.4, 0.5) is 5.69 Å². The van der Waals surface area contributed by atoms with Crippen molar-refractivity contribution >= 4 is 5.69 Å². The number of piperidine rings is 1. The van der Waals surface area contributed by atoms with Crippen molar-refractivity contribution in [2.24, 2.45) is 11.8 Å². The van der Waals surface area contributed by atoms with Gasteiger partial charge < -0.3 is 9.80 Å². The van der Waals surface area contributed by atoms with Gasteiger partial charge in [-0.3, -0.25) is 4.90 Å². The lowest BCUT2D eigenvalue weighted by Gasteiger charge is -2.43. The zero-order chi connectivity index (χ0) is 25.7. The monoisotopic (exact) mass is 489 g/mol. The number of benzene rings is 2. The highest BCUT2D eigenvalue weighted by Crippen LogP contribution is 2.37. The molecule has 2 aromatic rings. The Morgan fingerprint density at radius 1 is 0.639 bits per heavy atom. The van der Waals surface area contributed by atoms with Crippen molar-refractivity contribution in [1.82, 2.24) is 9.80 Å². The summed E-state index contributed by atoms with van der Waals surface area (Å²) < 4.78 is 0. The number of para-hydroxylation sites is 1. The minimum Gasteiger partial charge on any atom is -0.372 e. The molecule has 6 rings (SSSR count). The van der Waals surface area contributed by atoms with Gasteiger partial charge in [0, 0.05) is 44.0 Å². The molecule has 1 saturated heterocycles. The van der Waals surface area contributed by atoms with E-state index in [1.54, 1.807) is 0 Å². The molecule has 36 heavy (non-hydrogen) atoms. The maximum absolute atomic E-state index is 2.55. The summed E-state index contributed by atoms with van der Waals surface area (Å²) in [6, 6.07) is 19.7. The third-order valence-electron chi connectivity index (χ3n) is 9.66. The highest BCUT2D eigenvalue weighted by molar-refractivity contribution is 5.55. The van der Waals surface area contributed by atoms with E-state index in [0.717, 1.165) is 24.4 Å². The molecule has 3 heterocycles. The van der Waals surface area contributed by atoms with Crippen molar-refractivity contribution in [2.75, 3.05) is 32.6 Å². The number of rotatable bonds is 0. The van der Waals surface area contributed by atoms with Gasteiger partial charge in [-0.15, -0.1) is 0 Å². The average Bonchev–Trinajstić information content (AvgIpc) is 2.89. The van der Waals surface area contributed by atoms with Crippen LogP contribution in [0.3, 0.4) is 0 Å². The van der Waals surface area contributed by atoms with Crippen LogP contribution >= 0.6 is 0 Å². The lowest BCUT2D eigenvalue weighted by Crippen LogP contribution is -2.44. The lowest BCUT2D eigenvalue weighted by molar-refractivity contribution is 0.0650. The molecule has 5 unspecified atom stereocenters. The summed E-state index contributed by atoms with van der Waals surface area (Å²) in [6.45, 7) is 9.43. The molecule has 0 radical (unpaired) electrons. The zero-order valence-electron chi connectivity index (χ0n) is 23.9. The second-order valence-electron chi connectivity index (χ2n) is 12.2. The molecule has 5 atom stereocenters. The number of nitrogens with zero attached hydrogens (tertiary/aromatic N) is 3. The molecule has 3 aliphatic heterocycles. The summed E-state index contributed by atoms with van der Waals surface area (Å²) in [4.78, 5) is 7.33. The number of aryl methyl sites for hydroxylation is 1. The molecule has 2 aromatic carbocycles. The number of likely N-dealkylation sites (tertiary alicyclic amines) is 1. The second-order valence-corrected chi connectivity index (χ2v) is 12.2. The Balaban J connectivity index is 0.000000127. The maximum Gasteiger partial charge on any atom is 0.0398 e. The molecule has 4 aliphatic rings. The molecule has 0 N–H and O–H groups in total. The van der Waals surface area contributed by atoms with Crippen molar-refractivity contribution in [3.8, 4) is 0 Å². The molecule has 0 bridgehead atoms.